The highest BCUT2D eigenvalue weighted by Gasteiger charge is 2.21. The minimum Gasteiger partial charge on any atom is -0.508 e. The molecule has 8 nitrogen and oxygen atoms in total. The highest BCUT2D eigenvalue weighted by molar-refractivity contribution is 5.96. The quantitative estimate of drug-likeness (QED) is 0.464. The van der Waals surface area contributed by atoms with Crippen LogP contribution in [0.15, 0.2) is 42.5 Å². The second-order valence-corrected chi connectivity index (χ2v) is 8.41. The number of carbonyl (C=O) groups is 3. The molecule has 0 saturated heterocycles. The van der Waals surface area contributed by atoms with Gasteiger partial charge in [-0.25, -0.2) is 0 Å². The number of primary amides is 1. The van der Waals surface area contributed by atoms with E-state index in [0.717, 1.165) is 31.2 Å². The monoisotopic (exact) mass is 453 g/mol. The van der Waals surface area contributed by atoms with Crippen molar-refractivity contribution in [3.63, 3.8) is 0 Å². The Balaban J connectivity index is 1.66. The SMILES string of the molecule is CC(=O)NC(Cc1ccc(O)cc1)C(=O)NCc1ccc(OC2CCCCC2)c(C(N)=O)c1. The Kier molecular flexibility index (Phi) is 8.29. The van der Waals surface area contributed by atoms with Crippen molar-refractivity contribution in [3.8, 4) is 11.5 Å². The summed E-state index contributed by atoms with van der Waals surface area (Å²) >= 11 is 0. The molecule has 2 aromatic rings. The molecule has 0 bridgehead atoms. The van der Waals surface area contributed by atoms with Crippen molar-refractivity contribution in [1.29, 1.82) is 0 Å². The normalized spacial score (nSPS) is 14.8. The number of hydrogen-bond acceptors (Lipinski definition) is 5. The van der Waals surface area contributed by atoms with Gasteiger partial charge in [-0.05, 0) is 61.1 Å². The third kappa shape index (κ3) is 7.24. The summed E-state index contributed by atoms with van der Waals surface area (Å²) in [5.74, 6) is -0.679. The molecule has 0 radical (unpaired) electrons. The fourth-order valence-corrected chi connectivity index (χ4v) is 3.98. The summed E-state index contributed by atoms with van der Waals surface area (Å²) in [6.07, 6.45) is 5.70. The number of aromatic hydroxyl groups is 1. The van der Waals surface area contributed by atoms with E-state index < -0.39 is 11.9 Å². The summed E-state index contributed by atoms with van der Waals surface area (Å²) in [5, 5.41) is 14.9. The molecule has 1 fully saturated rings. The van der Waals surface area contributed by atoms with Crippen LogP contribution in [0.25, 0.3) is 0 Å². The Morgan fingerprint density at radius 3 is 2.36 bits per heavy atom. The Morgan fingerprint density at radius 2 is 1.73 bits per heavy atom. The van der Waals surface area contributed by atoms with Gasteiger partial charge in [0.1, 0.15) is 17.5 Å². The number of phenolic OH excluding ortho intramolecular Hbond substituents is 1. The molecule has 5 N–H and O–H groups in total. The fourth-order valence-electron chi connectivity index (χ4n) is 3.98. The Labute approximate surface area is 193 Å². The van der Waals surface area contributed by atoms with Crippen molar-refractivity contribution < 1.29 is 24.2 Å². The number of phenols is 1. The van der Waals surface area contributed by atoms with E-state index in [1.807, 2.05) is 0 Å². The average Bonchev–Trinajstić information content (AvgIpc) is 2.79. The van der Waals surface area contributed by atoms with Crippen LogP contribution in [-0.2, 0) is 22.6 Å². The first-order valence-corrected chi connectivity index (χ1v) is 11.2. The predicted molar refractivity (Wildman–Crippen MR) is 124 cm³/mol. The maximum atomic E-state index is 12.8. The van der Waals surface area contributed by atoms with Crippen LogP contribution in [-0.4, -0.2) is 35.0 Å². The van der Waals surface area contributed by atoms with Crippen LogP contribution in [0, 0.1) is 0 Å². The zero-order valence-electron chi connectivity index (χ0n) is 18.8. The van der Waals surface area contributed by atoms with Crippen molar-refractivity contribution in [2.24, 2.45) is 5.73 Å². The van der Waals surface area contributed by atoms with Crippen molar-refractivity contribution in [2.75, 3.05) is 0 Å². The molecule has 0 spiro atoms. The number of amides is 3. The van der Waals surface area contributed by atoms with Gasteiger partial charge in [-0.2, -0.15) is 0 Å². The third-order valence-electron chi connectivity index (χ3n) is 5.69. The highest BCUT2D eigenvalue weighted by atomic mass is 16.5. The molecular formula is C25H31N3O5. The summed E-state index contributed by atoms with van der Waals surface area (Å²) in [6.45, 7) is 1.51. The van der Waals surface area contributed by atoms with Crippen LogP contribution in [0.5, 0.6) is 11.5 Å². The largest absolute Gasteiger partial charge is 0.508 e. The Morgan fingerprint density at radius 1 is 1.06 bits per heavy atom. The van der Waals surface area contributed by atoms with Gasteiger partial charge in [-0.1, -0.05) is 24.6 Å². The maximum absolute atomic E-state index is 12.8. The molecule has 0 aliphatic heterocycles. The first kappa shape index (κ1) is 24.1. The van der Waals surface area contributed by atoms with Crippen molar-refractivity contribution in [3.05, 3.63) is 59.2 Å². The Hall–Kier alpha value is -3.55. The molecule has 33 heavy (non-hydrogen) atoms. The van der Waals surface area contributed by atoms with Gasteiger partial charge in [0.25, 0.3) is 5.91 Å². The molecule has 2 aromatic carbocycles. The molecule has 1 unspecified atom stereocenters. The first-order chi connectivity index (χ1) is 15.8. The van der Waals surface area contributed by atoms with Crippen LogP contribution >= 0.6 is 0 Å². The van der Waals surface area contributed by atoms with Gasteiger partial charge in [0.2, 0.25) is 11.8 Å². The van der Waals surface area contributed by atoms with E-state index in [9.17, 15) is 19.5 Å². The maximum Gasteiger partial charge on any atom is 0.252 e. The number of nitrogens with two attached hydrogens (primary N) is 1. The standard InChI is InChI=1S/C25H31N3O5/c1-16(29)28-22(14-17-7-10-19(30)11-8-17)25(32)27-15-18-9-12-23(21(13-18)24(26)31)33-20-5-3-2-4-6-20/h7-13,20,22,30H,2-6,14-15H2,1H3,(H2,26,31)(H,27,32)(H,28,29). The molecule has 1 saturated carbocycles. The number of carbonyl (C=O) groups excluding carboxylic acids is 3. The lowest BCUT2D eigenvalue weighted by Gasteiger charge is -2.24. The zero-order valence-corrected chi connectivity index (χ0v) is 18.8. The minimum absolute atomic E-state index is 0.0840. The van der Waals surface area contributed by atoms with Gasteiger partial charge in [0.05, 0.1) is 11.7 Å². The average molecular weight is 454 g/mol. The van der Waals surface area contributed by atoms with Crippen LogP contribution in [0.3, 0.4) is 0 Å². The highest BCUT2D eigenvalue weighted by Crippen LogP contribution is 2.27. The third-order valence-corrected chi connectivity index (χ3v) is 5.69. The summed E-state index contributed by atoms with van der Waals surface area (Å²) in [5.41, 5.74) is 7.35. The van der Waals surface area contributed by atoms with Crippen LogP contribution in [0.1, 0.15) is 60.5 Å². The number of ether oxygens (including phenoxy) is 1. The zero-order chi connectivity index (χ0) is 23.8. The summed E-state index contributed by atoms with van der Waals surface area (Å²) in [7, 11) is 0. The van der Waals surface area contributed by atoms with E-state index in [-0.39, 0.29) is 42.2 Å². The van der Waals surface area contributed by atoms with Crippen LogP contribution in [0.4, 0.5) is 0 Å². The van der Waals surface area contributed by atoms with E-state index in [1.165, 1.54) is 25.5 Å². The number of benzene rings is 2. The molecule has 1 aliphatic rings. The smallest absolute Gasteiger partial charge is 0.252 e. The molecule has 1 atom stereocenters. The lowest BCUT2D eigenvalue weighted by atomic mass is 9.97. The molecular weight excluding hydrogens is 422 g/mol. The van der Waals surface area contributed by atoms with E-state index in [0.29, 0.717) is 11.3 Å². The minimum atomic E-state index is -0.781. The molecule has 1 aliphatic carbocycles. The van der Waals surface area contributed by atoms with Crippen LogP contribution < -0.4 is 21.1 Å². The van der Waals surface area contributed by atoms with Crippen molar-refractivity contribution in [1.82, 2.24) is 10.6 Å². The summed E-state index contributed by atoms with van der Waals surface area (Å²) in [4.78, 5) is 36.4. The van der Waals surface area contributed by atoms with E-state index in [4.69, 9.17) is 10.5 Å². The fraction of sp³-hybridized carbons (Fsp3) is 0.400. The number of nitrogens with one attached hydrogen (secondary N) is 2. The van der Waals surface area contributed by atoms with Gasteiger partial charge in [0, 0.05) is 19.9 Å². The van der Waals surface area contributed by atoms with Gasteiger partial charge in [-0.15, -0.1) is 0 Å². The van der Waals surface area contributed by atoms with Gasteiger partial charge >= 0.3 is 0 Å². The summed E-state index contributed by atoms with van der Waals surface area (Å²) in [6, 6.07) is 10.8. The van der Waals surface area contributed by atoms with Crippen molar-refractivity contribution in [2.45, 2.75) is 64.1 Å². The lowest BCUT2D eigenvalue weighted by molar-refractivity contribution is -0.128. The van der Waals surface area contributed by atoms with E-state index >= 15 is 0 Å². The molecule has 0 aromatic heterocycles. The number of hydrogen-bond donors (Lipinski definition) is 4. The van der Waals surface area contributed by atoms with E-state index in [2.05, 4.69) is 10.6 Å². The number of rotatable bonds is 9. The van der Waals surface area contributed by atoms with Crippen LogP contribution in [0.2, 0.25) is 0 Å². The van der Waals surface area contributed by atoms with Crippen molar-refractivity contribution >= 4 is 17.7 Å². The molecule has 3 amide bonds. The molecule has 8 heteroatoms. The van der Waals surface area contributed by atoms with Gasteiger partial charge < -0.3 is 26.2 Å². The summed E-state index contributed by atoms with van der Waals surface area (Å²) < 4.78 is 6.03. The first-order valence-electron chi connectivity index (χ1n) is 11.2. The predicted octanol–water partition coefficient (Wildman–Crippen LogP) is 2.57. The lowest BCUT2D eigenvalue weighted by Crippen LogP contribution is -2.47. The topological polar surface area (TPSA) is 131 Å². The Bertz CT molecular complexity index is 984. The molecule has 0 heterocycles. The van der Waals surface area contributed by atoms with Gasteiger partial charge in [0.15, 0.2) is 0 Å². The molecule has 176 valence electrons. The molecule has 3 rings (SSSR count). The van der Waals surface area contributed by atoms with E-state index in [1.54, 1.807) is 30.3 Å². The second-order valence-electron chi connectivity index (χ2n) is 8.41. The van der Waals surface area contributed by atoms with Gasteiger partial charge in [-0.3, -0.25) is 14.4 Å². The second kappa shape index (κ2) is 11.4.